The monoisotopic (exact) mass is 401 g/mol. The van der Waals surface area contributed by atoms with Crippen molar-refractivity contribution in [1.29, 1.82) is 0 Å². The van der Waals surface area contributed by atoms with Crippen molar-refractivity contribution in [2.45, 2.75) is 26.2 Å². The van der Waals surface area contributed by atoms with Crippen molar-refractivity contribution < 1.29 is 9.59 Å². The molecule has 2 N–H and O–H groups in total. The summed E-state index contributed by atoms with van der Waals surface area (Å²) < 4.78 is 0.886. The van der Waals surface area contributed by atoms with Crippen LogP contribution in [-0.2, 0) is 15.0 Å². The maximum atomic E-state index is 11.8. The number of nitrogens with one attached hydrogen (secondary N) is 2. The van der Waals surface area contributed by atoms with Crippen LogP contribution in [-0.4, -0.2) is 18.0 Å². The first-order valence-electron chi connectivity index (χ1n) is 7.76. The Morgan fingerprint density at radius 2 is 1.56 bits per heavy atom. The Morgan fingerprint density at radius 3 is 2.12 bits per heavy atom. The summed E-state index contributed by atoms with van der Waals surface area (Å²) in [6, 6.07) is 14.8. The molecule has 2 rings (SSSR count). The van der Waals surface area contributed by atoms with E-state index in [1.54, 1.807) is 24.3 Å². The lowest BCUT2D eigenvalue weighted by atomic mass is 9.87. The zero-order valence-electron chi connectivity index (χ0n) is 14.3. The second-order valence-corrected chi connectivity index (χ2v) is 7.45. The summed E-state index contributed by atoms with van der Waals surface area (Å²) in [5.74, 6) is -1.60. The molecule has 5 nitrogen and oxygen atoms in total. The molecule has 0 spiro atoms. The molecule has 0 saturated heterocycles. The number of carbonyl (C=O) groups excluding carboxylic acids is 2. The summed E-state index contributed by atoms with van der Waals surface area (Å²) in [6.45, 7) is 6.42. The van der Waals surface area contributed by atoms with E-state index in [2.05, 4.69) is 52.5 Å². The van der Waals surface area contributed by atoms with Crippen LogP contribution >= 0.6 is 15.9 Å². The third-order valence-electron chi connectivity index (χ3n) is 3.46. The molecule has 2 amide bonds. The molecule has 0 aromatic heterocycles. The Balaban J connectivity index is 1.89. The van der Waals surface area contributed by atoms with Crippen LogP contribution in [0.3, 0.4) is 0 Å². The number of amides is 2. The molecular formula is C19H20BrN3O2. The predicted molar refractivity (Wildman–Crippen MR) is 104 cm³/mol. The van der Waals surface area contributed by atoms with Crippen molar-refractivity contribution in [2.24, 2.45) is 5.10 Å². The summed E-state index contributed by atoms with van der Waals surface area (Å²) in [4.78, 5) is 23.5. The lowest BCUT2D eigenvalue weighted by molar-refractivity contribution is -0.136. The number of hydrogen-bond donors (Lipinski definition) is 2. The molecule has 0 saturated carbocycles. The third kappa shape index (κ3) is 5.83. The van der Waals surface area contributed by atoms with Crippen LogP contribution in [0, 0.1) is 0 Å². The van der Waals surface area contributed by atoms with Gasteiger partial charge in [-0.2, -0.15) is 5.10 Å². The zero-order chi connectivity index (χ0) is 18.4. The van der Waals surface area contributed by atoms with Crippen molar-refractivity contribution in [1.82, 2.24) is 5.43 Å². The highest BCUT2D eigenvalue weighted by molar-refractivity contribution is 9.10. The van der Waals surface area contributed by atoms with Crippen molar-refractivity contribution in [3.63, 3.8) is 0 Å². The Kier molecular flexibility index (Phi) is 6.09. The quantitative estimate of drug-likeness (QED) is 0.465. The van der Waals surface area contributed by atoms with Gasteiger partial charge in [-0.1, -0.05) is 61.0 Å². The molecule has 0 atom stereocenters. The van der Waals surface area contributed by atoms with E-state index in [1.807, 2.05) is 24.3 Å². The van der Waals surface area contributed by atoms with E-state index in [1.165, 1.54) is 11.8 Å². The first kappa shape index (κ1) is 18.9. The van der Waals surface area contributed by atoms with Gasteiger partial charge in [-0.15, -0.1) is 0 Å². The topological polar surface area (TPSA) is 70.6 Å². The molecule has 2 aromatic rings. The standard InChI is InChI=1S/C19H20BrN3O2/c1-19(2,3)14-6-4-13(5-7-14)12-21-23-18(25)17(24)22-16-10-8-15(20)9-11-16/h4-12H,1-3H3,(H,22,24)(H,23,25)/b21-12-. The molecule has 25 heavy (non-hydrogen) atoms. The largest absolute Gasteiger partial charge is 0.329 e. The van der Waals surface area contributed by atoms with E-state index in [0.29, 0.717) is 5.69 Å². The molecule has 2 aromatic carbocycles. The molecule has 0 unspecified atom stereocenters. The van der Waals surface area contributed by atoms with Crippen LogP contribution in [0.2, 0.25) is 0 Å². The highest BCUT2D eigenvalue weighted by Crippen LogP contribution is 2.21. The lowest BCUT2D eigenvalue weighted by Crippen LogP contribution is -2.32. The summed E-state index contributed by atoms with van der Waals surface area (Å²) in [5.41, 5.74) is 4.87. The van der Waals surface area contributed by atoms with E-state index in [9.17, 15) is 9.59 Å². The molecule has 130 valence electrons. The van der Waals surface area contributed by atoms with Crippen molar-refractivity contribution >= 4 is 39.6 Å². The summed E-state index contributed by atoms with van der Waals surface area (Å²) in [5, 5.41) is 6.31. The Morgan fingerprint density at radius 1 is 0.960 bits per heavy atom. The van der Waals surface area contributed by atoms with Gasteiger partial charge in [-0.05, 0) is 40.8 Å². The minimum Gasteiger partial charge on any atom is -0.318 e. The van der Waals surface area contributed by atoms with Gasteiger partial charge < -0.3 is 5.32 Å². The number of halogens is 1. The van der Waals surface area contributed by atoms with Gasteiger partial charge in [0.2, 0.25) is 0 Å². The van der Waals surface area contributed by atoms with Gasteiger partial charge in [-0.3, -0.25) is 9.59 Å². The molecule has 0 bridgehead atoms. The van der Waals surface area contributed by atoms with Crippen molar-refractivity contribution in [2.75, 3.05) is 5.32 Å². The second-order valence-electron chi connectivity index (χ2n) is 6.53. The second kappa shape index (κ2) is 8.07. The fraction of sp³-hybridized carbons (Fsp3) is 0.211. The van der Waals surface area contributed by atoms with Gasteiger partial charge in [-0.25, -0.2) is 5.43 Å². The smallest absolute Gasteiger partial charge is 0.318 e. The minimum absolute atomic E-state index is 0.0784. The van der Waals surface area contributed by atoms with Gasteiger partial charge in [0.1, 0.15) is 0 Å². The van der Waals surface area contributed by atoms with Crippen LogP contribution in [0.4, 0.5) is 5.69 Å². The SMILES string of the molecule is CC(C)(C)c1ccc(/C=N\NC(=O)C(=O)Nc2ccc(Br)cc2)cc1. The van der Waals surface area contributed by atoms with Crippen LogP contribution in [0.25, 0.3) is 0 Å². The van der Waals surface area contributed by atoms with Crippen molar-refractivity contribution in [3.05, 3.63) is 64.1 Å². The first-order valence-corrected chi connectivity index (χ1v) is 8.55. The number of hydrogen-bond acceptors (Lipinski definition) is 3. The minimum atomic E-state index is -0.828. The molecule has 0 radical (unpaired) electrons. The number of hydrazone groups is 1. The van der Waals surface area contributed by atoms with Crippen LogP contribution in [0.15, 0.2) is 58.1 Å². The molecule has 0 aliphatic carbocycles. The molecule has 0 heterocycles. The molecule has 6 heteroatoms. The van der Waals surface area contributed by atoms with Crippen LogP contribution in [0.5, 0.6) is 0 Å². The van der Waals surface area contributed by atoms with E-state index in [4.69, 9.17) is 0 Å². The van der Waals surface area contributed by atoms with E-state index >= 15 is 0 Å². The molecule has 0 aliphatic heterocycles. The van der Waals surface area contributed by atoms with E-state index in [-0.39, 0.29) is 5.41 Å². The summed E-state index contributed by atoms with van der Waals surface area (Å²) in [7, 11) is 0. The zero-order valence-corrected chi connectivity index (χ0v) is 15.9. The Bertz CT molecular complexity index is 776. The number of nitrogens with zero attached hydrogens (tertiary/aromatic N) is 1. The molecule has 0 aliphatic rings. The summed E-state index contributed by atoms with van der Waals surface area (Å²) in [6.07, 6.45) is 1.50. The number of carbonyl (C=O) groups is 2. The number of anilines is 1. The van der Waals surface area contributed by atoms with Gasteiger partial charge in [0, 0.05) is 10.2 Å². The number of benzene rings is 2. The average molecular weight is 402 g/mol. The third-order valence-corrected chi connectivity index (χ3v) is 3.99. The molecule has 0 fully saturated rings. The Labute approximate surface area is 155 Å². The average Bonchev–Trinajstić information content (AvgIpc) is 2.56. The van der Waals surface area contributed by atoms with E-state index in [0.717, 1.165) is 10.0 Å². The fourth-order valence-electron chi connectivity index (χ4n) is 2.01. The summed E-state index contributed by atoms with van der Waals surface area (Å²) >= 11 is 3.30. The van der Waals surface area contributed by atoms with Crippen LogP contribution in [0.1, 0.15) is 31.9 Å². The highest BCUT2D eigenvalue weighted by Gasteiger charge is 2.13. The van der Waals surface area contributed by atoms with E-state index < -0.39 is 11.8 Å². The van der Waals surface area contributed by atoms with Gasteiger partial charge in [0.25, 0.3) is 0 Å². The molecular weight excluding hydrogens is 382 g/mol. The predicted octanol–water partition coefficient (Wildman–Crippen LogP) is 3.84. The number of rotatable bonds is 3. The maximum absolute atomic E-state index is 11.8. The highest BCUT2D eigenvalue weighted by atomic mass is 79.9. The fourth-order valence-corrected chi connectivity index (χ4v) is 2.27. The van der Waals surface area contributed by atoms with Gasteiger partial charge in [0.05, 0.1) is 6.21 Å². The van der Waals surface area contributed by atoms with Gasteiger partial charge >= 0.3 is 11.8 Å². The normalized spacial score (nSPS) is 11.4. The van der Waals surface area contributed by atoms with Crippen LogP contribution < -0.4 is 10.7 Å². The van der Waals surface area contributed by atoms with Crippen molar-refractivity contribution in [3.8, 4) is 0 Å². The maximum Gasteiger partial charge on any atom is 0.329 e. The first-order chi connectivity index (χ1) is 11.8. The lowest BCUT2D eigenvalue weighted by Gasteiger charge is -2.18. The van der Waals surface area contributed by atoms with Gasteiger partial charge in [0.15, 0.2) is 0 Å². The Hall–Kier alpha value is -2.47.